The minimum absolute atomic E-state index is 0.253. The van der Waals surface area contributed by atoms with Crippen molar-refractivity contribution in [2.45, 2.75) is 144 Å². The molecule has 0 N–H and O–H groups in total. The quantitative estimate of drug-likeness (QED) is 0.164. The van der Waals surface area contributed by atoms with Crippen LogP contribution in [0, 0.1) is 17.8 Å². The van der Waals surface area contributed by atoms with E-state index in [4.69, 9.17) is 19.6 Å². The monoisotopic (exact) mass is 414 g/mol. The van der Waals surface area contributed by atoms with Crippen molar-refractivity contribution in [3.8, 4) is 0 Å². The maximum absolute atomic E-state index is 6.27. The van der Waals surface area contributed by atoms with Gasteiger partial charge in [0.25, 0.3) is 0 Å². The van der Waals surface area contributed by atoms with E-state index in [0.717, 1.165) is 64.2 Å². The third kappa shape index (κ3) is 6.92. The summed E-state index contributed by atoms with van der Waals surface area (Å²) >= 11 is 0. The summed E-state index contributed by atoms with van der Waals surface area (Å²) in [6.07, 6.45) is 9.44. The summed E-state index contributed by atoms with van der Waals surface area (Å²) < 4.78 is 0. The first kappa shape index (κ1) is 26.9. The molecule has 4 heteroatoms. The van der Waals surface area contributed by atoms with Gasteiger partial charge in [0.2, 0.25) is 5.79 Å². The van der Waals surface area contributed by atoms with Gasteiger partial charge in [0.15, 0.2) is 0 Å². The molecular formula is C25H50O4. The van der Waals surface area contributed by atoms with Crippen molar-refractivity contribution < 1.29 is 19.6 Å². The highest BCUT2D eigenvalue weighted by molar-refractivity contribution is 4.86. The molecule has 29 heavy (non-hydrogen) atoms. The standard InChI is InChI=1S/C25H50O4/c1-10-16-23(12-3,13-4)26-28-25(18-20(7)22(9)21(8)19-25)29-27-24(14-5,15-6)17-11-2/h20-22H,10-19H2,1-9H3. The lowest BCUT2D eigenvalue weighted by Gasteiger charge is -2.46. The van der Waals surface area contributed by atoms with Crippen LogP contribution in [0.5, 0.6) is 0 Å². The second-order valence-corrected chi connectivity index (χ2v) is 9.75. The van der Waals surface area contributed by atoms with Gasteiger partial charge < -0.3 is 0 Å². The molecule has 2 unspecified atom stereocenters. The van der Waals surface area contributed by atoms with Gasteiger partial charge in [0, 0.05) is 12.8 Å². The lowest BCUT2D eigenvalue weighted by atomic mass is 9.72. The molecule has 0 aliphatic heterocycles. The molecular weight excluding hydrogens is 364 g/mol. The molecule has 0 spiro atoms. The molecule has 1 aliphatic rings. The van der Waals surface area contributed by atoms with Crippen LogP contribution in [0.15, 0.2) is 0 Å². The van der Waals surface area contributed by atoms with Crippen molar-refractivity contribution in [1.29, 1.82) is 0 Å². The average molecular weight is 415 g/mol. The highest BCUT2D eigenvalue weighted by atomic mass is 17.3. The fourth-order valence-corrected chi connectivity index (χ4v) is 4.91. The Hall–Kier alpha value is -0.160. The first-order valence-corrected chi connectivity index (χ1v) is 12.4. The van der Waals surface area contributed by atoms with Crippen LogP contribution >= 0.6 is 0 Å². The summed E-state index contributed by atoms with van der Waals surface area (Å²) in [5.74, 6) is 0.765. The van der Waals surface area contributed by atoms with Crippen LogP contribution < -0.4 is 0 Å². The summed E-state index contributed by atoms with van der Waals surface area (Å²) in [4.78, 5) is 25.0. The molecule has 1 rings (SSSR count). The molecule has 0 amide bonds. The highest BCUT2D eigenvalue weighted by Crippen LogP contribution is 2.45. The number of hydrogen-bond donors (Lipinski definition) is 0. The number of hydrogen-bond acceptors (Lipinski definition) is 4. The molecule has 0 aromatic rings. The number of rotatable bonds is 14. The second kappa shape index (κ2) is 12.0. The molecule has 0 saturated heterocycles. The van der Waals surface area contributed by atoms with Crippen molar-refractivity contribution >= 4 is 0 Å². The summed E-state index contributed by atoms with van der Waals surface area (Å²) in [7, 11) is 0. The van der Waals surface area contributed by atoms with Crippen LogP contribution in [0.3, 0.4) is 0 Å². The Morgan fingerprint density at radius 1 is 0.655 bits per heavy atom. The lowest BCUT2D eigenvalue weighted by Crippen LogP contribution is -2.50. The van der Waals surface area contributed by atoms with Crippen LogP contribution in [0.25, 0.3) is 0 Å². The summed E-state index contributed by atoms with van der Waals surface area (Å²) in [5, 5.41) is 0. The predicted molar refractivity (Wildman–Crippen MR) is 120 cm³/mol. The maximum atomic E-state index is 6.27. The van der Waals surface area contributed by atoms with E-state index in [1.165, 1.54) is 0 Å². The largest absolute Gasteiger partial charge is 0.234 e. The Bertz CT molecular complexity index is 402. The van der Waals surface area contributed by atoms with Gasteiger partial charge in [-0.2, -0.15) is 9.78 Å². The van der Waals surface area contributed by atoms with Gasteiger partial charge in [0.1, 0.15) is 11.2 Å². The van der Waals surface area contributed by atoms with Gasteiger partial charge in [-0.25, -0.2) is 9.78 Å². The van der Waals surface area contributed by atoms with Crippen molar-refractivity contribution in [2.75, 3.05) is 0 Å². The molecule has 0 aromatic heterocycles. The van der Waals surface area contributed by atoms with E-state index in [-0.39, 0.29) is 11.2 Å². The van der Waals surface area contributed by atoms with Crippen molar-refractivity contribution in [3.05, 3.63) is 0 Å². The molecule has 0 radical (unpaired) electrons. The zero-order valence-corrected chi connectivity index (χ0v) is 20.9. The van der Waals surface area contributed by atoms with Crippen molar-refractivity contribution in [1.82, 2.24) is 0 Å². The Balaban J connectivity index is 3.07. The topological polar surface area (TPSA) is 36.9 Å². The first-order chi connectivity index (χ1) is 13.7. The van der Waals surface area contributed by atoms with Crippen LogP contribution in [-0.2, 0) is 19.6 Å². The van der Waals surface area contributed by atoms with Gasteiger partial charge in [-0.05, 0) is 56.3 Å². The lowest BCUT2D eigenvalue weighted by molar-refractivity contribution is -0.557. The predicted octanol–water partition coefficient (Wildman–Crippen LogP) is 8.00. The van der Waals surface area contributed by atoms with Gasteiger partial charge in [-0.3, -0.25) is 0 Å². The zero-order valence-electron chi connectivity index (χ0n) is 20.9. The molecule has 174 valence electrons. The second-order valence-electron chi connectivity index (χ2n) is 9.75. The molecule has 0 bridgehead atoms. The van der Waals surface area contributed by atoms with Gasteiger partial charge in [-0.1, -0.05) is 75.2 Å². The Labute approximate surface area is 181 Å². The fourth-order valence-electron chi connectivity index (χ4n) is 4.91. The van der Waals surface area contributed by atoms with E-state index in [9.17, 15) is 0 Å². The van der Waals surface area contributed by atoms with Crippen molar-refractivity contribution in [3.63, 3.8) is 0 Å². The third-order valence-corrected chi connectivity index (χ3v) is 7.79. The minimum atomic E-state index is -0.835. The van der Waals surface area contributed by atoms with Crippen LogP contribution in [0.1, 0.15) is 127 Å². The average Bonchev–Trinajstić information content (AvgIpc) is 2.73. The van der Waals surface area contributed by atoms with Gasteiger partial charge in [-0.15, -0.1) is 0 Å². The summed E-state index contributed by atoms with van der Waals surface area (Å²) in [6.45, 7) is 20.0. The third-order valence-electron chi connectivity index (χ3n) is 7.79. The Morgan fingerprint density at radius 2 is 1.00 bits per heavy atom. The van der Waals surface area contributed by atoms with E-state index >= 15 is 0 Å². The smallest absolute Gasteiger partial charge is 0.227 e. The van der Waals surface area contributed by atoms with E-state index in [1.807, 2.05) is 0 Å². The molecule has 0 heterocycles. The zero-order chi connectivity index (χ0) is 22.1. The van der Waals surface area contributed by atoms with E-state index < -0.39 is 5.79 Å². The molecule has 0 aromatic carbocycles. The molecule has 2 atom stereocenters. The van der Waals surface area contributed by atoms with Crippen LogP contribution in [-0.4, -0.2) is 17.0 Å². The summed E-state index contributed by atoms with van der Waals surface area (Å²) in [5.41, 5.74) is -0.507. The van der Waals surface area contributed by atoms with E-state index in [1.54, 1.807) is 0 Å². The van der Waals surface area contributed by atoms with E-state index in [2.05, 4.69) is 62.3 Å². The molecule has 1 aliphatic carbocycles. The van der Waals surface area contributed by atoms with Crippen LogP contribution in [0.2, 0.25) is 0 Å². The van der Waals surface area contributed by atoms with Gasteiger partial charge in [0.05, 0.1) is 0 Å². The minimum Gasteiger partial charge on any atom is -0.227 e. The molecule has 4 nitrogen and oxygen atoms in total. The fraction of sp³-hybridized carbons (Fsp3) is 1.00. The highest BCUT2D eigenvalue weighted by Gasteiger charge is 2.48. The normalized spacial score (nSPS) is 25.3. The molecule has 1 fully saturated rings. The SMILES string of the molecule is CCCC(CC)(CC)OOC1(OOC(CC)(CC)CCC)CC(C)C(C)C(C)C1. The molecule has 1 saturated carbocycles. The van der Waals surface area contributed by atoms with Crippen LogP contribution in [0.4, 0.5) is 0 Å². The Morgan fingerprint density at radius 3 is 1.28 bits per heavy atom. The Kier molecular flexibility index (Phi) is 11.1. The summed E-state index contributed by atoms with van der Waals surface area (Å²) in [6, 6.07) is 0. The van der Waals surface area contributed by atoms with Crippen molar-refractivity contribution in [2.24, 2.45) is 17.8 Å². The maximum Gasteiger partial charge on any atom is 0.234 e. The first-order valence-electron chi connectivity index (χ1n) is 12.4. The van der Waals surface area contributed by atoms with E-state index in [0.29, 0.717) is 17.8 Å². The van der Waals surface area contributed by atoms with Gasteiger partial charge >= 0.3 is 0 Å².